The van der Waals surface area contributed by atoms with Gasteiger partial charge in [0.25, 0.3) is 0 Å². The molecular formula is C14H13BrFNO. The Kier molecular flexibility index (Phi) is 3.87. The minimum absolute atomic E-state index is 0.206. The molecule has 0 spiro atoms. The molecule has 0 atom stereocenters. The molecule has 0 aliphatic heterocycles. The molecule has 2 aromatic carbocycles. The van der Waals surface area contributed by atoms with Crippen LogP contribution < -0.4 is 5.32 Å². The summed E-state index contributed by atoms with van der Waals surface area (Å²) >= 11 is 3.26. The first-order chi connectivity index (χ1) is 8.58. The predicted octanol–water partition coefficient (Wildman–Crippen LogP) is 4.21. The maximum Gasteiger partial charge on any atom is 0.134 e. The third kappa shape index (κ3) is 2.82. The van der Waals surface area contributed by atoms with Gasteiger partial charge in [-0.25, -0.2) is 4.39 Å². The predicted molar refractivity (Wildman–Crippen MR) is 74.3 cm³/mol. The van der Waals surface area contributed by atoms with Gasteiger partial charge in [-0.05, 0) is 46.6 Å². The van der Waals surface area contributed by atoms with Crippen molar-refractivity contribution in [3.63, 3.8) is 0 Å². The Morgan fingerprint density at radius 2 is 2.06 bits per heavy atom. The van der Waals surface area contributed by atoms with Gasteiger partial charge in [0.05, 0.1) is 4.47 Å². The number of hydrogen-bond donors (Lipinski definition) is 2. The molecule has 0 unspecified atom stereocenters. The number of halogens is 2. The van der Waals surface area contributed by atoms with Crippen molar-refractivity contribution in [2.45, 2.75) is 13.5 Å². The van der Waals surface area contributed by atoms with Crippen molar-refractivity contribution >= 4 is 21.6 Å². The summed E-state index contributed by atoms with van der Waals surface area (Å²) in [6.07, 6.45) is 0. The van der Waals surface area contributed by atoms with Crippen LogP contribution in [0.3, 0.4) is 0 Å². The van der Waals surface area contributed by atoms with E-state index < -0.39 is 0 Å². The third-order valence-corrected chi connectivity index (χ3v) is 3.37. The molecule has 0 aliphatic carbocycles. The largest absolute Gasteiger partial charge is 0.506 e. The molecule has 0 aliphatic rings. The summed E-state index contributed by atoms with van der Waals surface area (Å²) in [6.45, 7) is 2.16. The van der Waals surface area contributed by atoms with E-state index in [0.717, 1.165) is 5.56 Å². The Labute approximate surface area is 114 Å². The first kappa shape index (κ1) is 12.9. The van der Waals surface area contributed by atoms with Crippen LogP contribution in [0.2, 0.25) is 0 Å². The quantitative estimate of drug-likeness (QED) is 0.890. The van der Waals surface area contributed by atoms with Crippen LogP contribution in [0.1, 0.15) is 11.1 Å². The number of rotatable bonds is 3. The zero-order chi connectivity index (χ0) is 13.1. The number of nitrogens with one attached hydrogen (secondary N) is 1. The molecule has 2 N–H and O–H groups in total. The lowest BCUT2D eigenvalue weighted by Gasteiger charge is -2.09. The second-order valence-electron chi connectivity index (χ2n) is 4.07. The van der Waals surface area contributed by atoms with E-state index in [-0.39, 0.29) is 11.6 Å². The lowest BCUT2D eigenvalue weighted by atomic mass is 10.2. The molecule has 2 aromatic rings. The van der Waals surface area contributed by atoms with Gasteiger partial charge in [0.15, 0.2) is 0 Å². The fourth-order valence-electron chi connectivity index (χ4n) is 1.60. The van der Waals surface area contributed by atoms with Crippen LogP contribution in [-0.4, -0.2) is 5.11 Å². The van der Waals surface area contributed by atoms with Crippen molar-refractivity contribution in [3.05, 3.63) is 57.8 Å². The van der Waals surface area contributed by atoms with Gasteiger partial charge in [0, 0.05) is 17.8 Å². The summed E-state index contributed by atoms with van der Waals surface area (Å²) in [6, 6.07) is 10.4. The maximum atomic E-state index is 13.4. The van der Waals surface area contributed by atoms with Crippen molar-refractivity contribution in [1.29, 1.82) is 0 Å². The highest BCUT2D eigenvalue weighted by molar-refractivity contribution is 9.10. The molecule has 94 valence electrons. The highest BCUT2D eigenvalue weighted by Crippen LogP contribution is 2.28. The lowest BCUT2D eigenvalue weighted by molar-refractivity contribution is 0.465. The van der Waals surface area contributed by atoms with Crippen molar-refractivity contribution in [1.82, 2.24) is 0 Å². The molecule has 0 saturated carbocycles. The highest BCUT2D eigenvalue weighted by atomic mass is 79.9. The Morgan fingerprint density at radius 3 is 2.78 bits per heavy atom. The van der Waals surface area contributed by atoms with Crippen molar-refractivity contribution in [2.24, 2.45) is 0 Å². The van der Waals surface area contributed by atoms with Crippen LogP contribution in [0, 0.1) is 12.7 Å². The summed E-state index contributed by atoms with van der Waals surface area (Å²) in [4.78, 5) is 0. The fourth-order valence-corrected chi connectivity index (χ4v) is 2.01. The van der Waals surface area contributed by atoms with Crippen LogP contribution in [-0.2, 0) is 6.54 Å². The normalized spacial score (nSPS) is 10.4. The highest BCUT2D eigenvalue weighted by Gasteiger charge is 2.05. The van der Waals surface area contributed by atoms with Gasteiger partial charge in [0.1, 0.15) is 11.6 Å². The minimum atomic E-state index is -0.238. The standard InChI is InChI=1S/C14H13BrFNO/c1-9-5-6-11(7-13(9)16)17-8-10-3-2-4-12(15)14(10)18/h2-7,17-18H,8H2,1H3. The Balaban J connectivity index is 2.11. The second-order valence-corrected chi connectivity index (χ2v) is 4.92. The Bertz CT molecular complexity index is 572. The molecular weight excluding hydrogens is 297 g/mol. The fraction of sp³-hybridized carbons (Fsp3) is 0.143. The van der Waals surface area contributed by atoms with E-state index in [0.29, 0.717) is 22.3 Å². The zero-order valence-corrected chi connectivity index (χ0v) is 11.5. The molecule has 4 heteroatoms. The molecule has 0 aromatic heterocycles. The van der Waals surface area contributed by atoms with E-state index in [4.69, 9.17) is 0 Å². The van der Waals surface area contributed by atoms with Gasteiger partial charge in [-0.3, -0.25) is 0 Å². The van der Waals surface area contributed by atoms with Gasteiger partial charge in [-0.15, -0.1) is 0 Å². The van der Waals surface area contributed by atoms with Gasteiger partial charge < -0.3 is 10.4 Å². The molecule has 2 rings (SSSR count). The smallest absolute Gasteiger partial charge is 0.134 e. The Morgan fingerprint density at radius 1 is 1.28 bits per heavy atom. The summed E-state index contributed by atoms with van der Waals surface area (Å²) in [5.74, 6) is -0.0314. The van der Waals surface area contributed by atoms with Gasteiger partial charge in [0.2, 0.25) is 0 Å². The van der Waals surface area contributed by atoms with Gasteiger partial charge in [-0.1, -0.05) is 18.2 Å². The van der Waals surface area contributed by atoms with E-state index in [1.54, 1.807) is 19.1 Å². The number of aryl methyl sites for hydroxylation is 1. The van der Waals surface area contributed by atoms with E-state index >= 15 is 0 Å². The number of aromatic hydroxyl groups is 1. The van der Waals surface area contributed by atoms with Gasteiger partial charge >= 0.3 is 0 Å². The summed E-state index contributed by atoms with van der Waals surface area (Å²) in [7, 11) is 0. The molecule has 2 nitrogen and oxygen atoms in total. The average Bonchev–Trinajstić information content (AvgIpc) is 2.35. The zero-order valence-electron chi connectivity index (χ0n) is 9.87. The van der Waals surface area contributed by atoms with Crippen molar-refractivity contribution in [3.8, 4) is 5.75 Å². The topological polar surface area (TPSA) is 32.3 Å². The monoisotopic (exact) mass is 309 g/mol. The van der Waals surface area contributed by atoms with Crippen LogP contribution in [0.25, 0.3) is 0 Å². The van der Waals surface area contributed by atoms with E-state index in [1.165, 1.54) is 6.07 Å². The summed E-state index contributed by atoms with van der Waals surface area (Å²) < 4.78 is 14.0. The lowest BCUT2D eigenvalue weighted by Crippen LogP contribution is -2.00. The van der Waals surface area contributed by atoms with E-state index in [2.05, 4.69) is 21.2 Å². The first-order valence-corrected chi connectivity index (χ1v) is 6.33. The SMILES string of the molecule is Cc1ccc(NCc2cccc(Br)c2O)cc1F. The molecule has 0 bridgehead atoms. The van der Waals surface area contributed by atoms with Gasteiger partial charge in [-0.2, -0.15) is 0 Å². The molecule has 0 amide bonds. The first-order valence-electron chi connectivity index (χ1n) is 5.54. The van der Waals surface area contributed by atoms with Crippen molar-refractivity contribution < 1.29 is 9.50 Å². The molecule has 0 radical (unpaired) electrons. The number of hydrogen-bond acceptors (Lipinski definition) is 2. The number of phenolic OH excluding ortho intramolecular Hbond substituents is 1. The number of benzene rings is 2. The van der Waals surface area contributed by atoms with Crippen LogP contribution in [0.4, 0.5) is 10.1 Å². The van der Waals surface area contributed by atoms with E-state index in [1.807, 2.05) is 18.2 Å². The second kappa shape index (κ2) is 5.40. The third-order valence-electron chi connectivity index (χ3n) is 2.73. The average molecular weight is 310 g/mol. The van der Waals surface area contributed by atoms with Crippen LogP contribution in [0.5, 0.6) is 5.75 Å². The van der Waals surface area contributed by atoms with Crippen LogP contribution >= 0.6 is 15.9 Å². The number of para-hydroxylation sites is 1. The maximum absolute atomic E-state index is 13.4. The minimum Gasteiger partial charge on any atom is -0.506 e. The van der Waals surface area contributed by atoms with E-state index in [9.17, 15) is 9.50 Å². The number of phenols is 1. The molecule has 0 heterocycles. The molecule has 18 heavy (non-hydrogen) atoms. The summed E-state index contributed by atoms with van der Waals surface area (Å²) in [5, 5.41) is 12.9. The molecule has 0 saturated heterocycles. The molecule has 0 fully saturated rings. The summed E-state index contributed by atoms with van der Waals surface area (Å²) in [5.41, 5.74) is 2.06. The number of anilines is 1. The van der Waals surface area contributed by atoms with Crippen molar-refractivity contribution in [2.75, 3.05) is 5.32 Å². The Hall–Kier alpha value is -1.55. The van der Waals surface area contributed by atoms with Crippen LogP contribution in [0.15, 0.2) is 40.9 Å².